The first kappa shape index (κ1) is 16.5. The molecule has 0 radical (unpaired) electrons. The second-order valence-electron chi connectivity index (χ2n) is 6.14. The Kier molecular flexibility index (Phi) is 5.49. The van der Waals surface area contributed by atoms with Crippen molar-refractivity contribution in [2.75, 3.05) is 20.2 Å². The summed E-state index contributed by atoms with van der Waals surface area (Å²) in [5.74, 6) is 1.12. The van der Waals surface area contributed by atoms with Gasteiger partial charge in [0.25, 0.3) is 0 Å². The zero-order chi connectivity index (χ0) is 16.8. The Labute approximate surface area is 143 Å². The third-order valence-corrected chi connectivity index (χ3v) is 4.46. The smallest absolute Gasteiger partial charge is 0.222 e. The highest BCUT2D eigenvalue weighted by Crippen LogP contribution is 2.20. The van der Waals surface area contributed by atoms with Gasteiger partial charge in [0.1, 0.15) is 5.75 Å². The van der Waals surface area contributed by atoms with E-state index in [9.17, 15) is 4.79 Å². The van der Waals surface area contributed by atoms with E-state index in [0.29, 0.717) is 13.0 Å². The number of nitrogens with one attached hydrogen (secondary N) is 1. The van der Waals surface area contributed by atoms with Gasteiger partial charge in [-0.15, -0.1) is 0 Å². The summed E-state index contributed by atoms with van der Waals surface area (Å²) in [5.41, 5.74) is 2.38. The highest BCUT2D eigenvalue weighted by atomic mass is 16.5. The zero-order valence-corrected chi connectivity index (χ0v) is 14.1. The van der Waals surface area contributed by atoms with Gasteiger partial charge >= 0.3 is 0 Å². The van der Waals surface area contributed by atoms with Gasteiger partial charge in [-0.2, -0.15) is 0 Å². The van der Waals surface area contributed by atoms with E-state index in [-0.39, 0.29) is 11.9 Å². The normalized spacial score (nSPS) is 15.5. The second-order valence-corrected chi connectivity index (χ2v) is 6.14. The molecule has 0 bridgehead atoms. The first-order valence-electron chi connectivity index (χ1n) is 8.45. The van der Waals surface area contributed by atoms with Gasteiger partial charge in [0.15, 0.2) is 0 Å². The fraction of sp³-hybridized carbons (Fsp3) is 0.350. The Morgan fingerprint density at radius 3 is 2.71 bits per heavy atom. The van der Waals surface area contributed by atoms with Gasteiger partial charge in [-0.05, 0) is 29.7 Å². The predicted octanol–water partition coefficient (Wildman–Crippen LogP) is 3.15. The van der Waals surface area contributed by atoms with Crippen molar-refractivity contribution >= 4 is 5.91 Å². The SMILES string of the molecule is COc1cccc(CN[C@H](CN2CCCC2=O)c2ccccc2)c1. The highest BCUT2D eigenvalue weighted by molar-refractivity contribution is 5.78. The Morgan fingerprint density at radius 2 is 2.00 bits per heavy atom. The number of methoxy groups -OCH3 is 1. The molecule has 4 heteroatoms. The summed E-state index contributed by atoms with van der Waals surface area (Å²) in [4.78, 5) is 13.9. The number of likely N-dealkylation sites (tertiary alicyclic amines) is 1. The molecule has 0 aromatic heterocycles. The largest absolute Gasteiger partial charge is 0.497 e. The van der Waals surface area contributed by atoms with E-state index in [1.165, 1.54) is 11.1 Å². The van der Waals surface area contributed by atoms with Crippen LogP contribution in [0.4, 0.5) is 0 Å². The number of carbonyl (C=O) groups is 1. The lowest BCUT2D eigenvalue weighted by atomic mass is 10.1. The lowest BCUT2D eigenvalue weighted by molar-refractivity contribution is -0.128. The molecule has 1 saturated heterocycles. The van der Waals surface area contributed by atoms with Crippen molar-refractivity contribution in [2.24, 2.45) is 0 Å². The number of carbonyl (C=O) groups excluding carboxylic acids is 1. The molecule has 0 saturated carbocycles. The minimum absolute atomic E-state index is 0.124. The molecule has 0 spiro atoms. The van der Waals surface area contributed by atoms with Crippen LogP contribution in [-0.2, 0) is 11.3 Å². The van der Waals surface area contributed by atoms with Crippen LogP contribution in [-0.4, -0.2) is 31.0 Å². The standard InChI is InChI=1S/C20H24N2O2/c1-24-18-10-5-7-16(13-18)14-21-19(17-8-3-2-4-9-17)15-22-12-6-11-20(22)23/h2-5,7-10,13,19,21H,6,11-12,14-15H2,1H3/t19-/m1/s1. The average molecular weight is 324 g/mol. The van der Waals surface area contributed by atoms with Gasteiger partial charge in [-0.3, -0.25) is 4.79 Å². The topological polar surface area (TPSA) is 41.6 Å². The van der Waals surface area contributed by atoms with Crippen LogP contribution >= 0.6 is 0 Å². The Hall–Kier alpha value is -2.33. The number of hydrogen-bond donors (Lipinski definition) is 1. The number of nitrogens with zero attached hydrogens (tertiary/aromatic N) is 1. The van der Waals surface area contributed by atoms with Crippen molar-refractivity contribution in [2.45, 2.75) is 25.4 Å². The molecule has 4 nitrogen and oxygen atoms in total. The van der Waals surface area contributed by atoms with E-state index in [1.807, 2.05) is 41.3 Å². The Balaban J connectivity index is 1.70. The third-order valence-electron chi connectivity index (χ3n) is 4.46. The molecule has 0 unspecified atom stereocenters. The number of benzene rings is 2. The minimum Gasteiger partial charge on any atom is -0.497 e. The molecule has 2 aromatic carbocycles. The predicted molar refractivity (Wildman–Crippen MR) is 94.8 cm³/mol. The fourth-order valence-corrected chi connectivity index (χ4v) is 3.11. The molecule has 1 atom stereocenters. The molecule has 24 heavy (non-hydrogen) atoms. The Morgan fingerprint density at radius 1 is 1.17 bits per heavy atom. The van der Waals surface area contributed by atoms with E-state index in [1.54, 1.807) is 7.11 Å². The summed E-state index contributed by atoms with van der Waals surface area (Å²) in [6.45, 7) is 2.31. The maximum Gasteiger partial charge on any atom is 0.222 e. The molecule has 1 aliphatic heterocycles. The van der Waals surface area contributed by atoms with Gasteiger partial charge < -0.3 is 15.0 Å². The van der Waals surface area contributed by atoms with Crippen LogP contribution in [0.5, 0.6) is 5.75 Å². The molecule has 1 amide bonds. The summed E-state index contributed by atoms with van der Waals surface area (Å²) in [6.07, 6.45) is 1.65. The van der Waals surface area contributed by atoms with Gasteiger partial charge in [0.05, 0.1) is 13.2 Å². The lowest BCUT2D eigenvalue weighted by Gasteiger charge is -2.25. The molecule has 3 rings (SSSR count). The van der Waals surface area contributed by atoms with Crippen LogP contribution in [0.3, 0.4) is 0 Å². The van der Waals surface area contributed by atoms with Crippen molar-refractivity contribution < 1.29 is 9.53 Å². The van der Waals surface area contributed by atoms with Gasteiger partial charge in [0.2, 0.25) is 5.91 Å². The molecule has 126 valence electrons. The van der Waals surface area contributed by atoms with E-state index >= 15 is 0 Å². The summed E-state index contributed by atoms with van der Waals surface area (Å²) in [6, 6.07) is 18.5. The first-order valence-corrected chi connectivity index (χ1v) is 8.45. The summed E-state index contributed by atoms with van der Waals surface area (Å²) >= 11 is 0. The van der Waals surface area contributed by atoms with E-state index in [2.05, 4.69) is 23.5 Å². The molecule has 1 N–H and O–H groups in total. The minimum atomic E-state index is 0.124. The zero-order valence-electron chi connectivity index (χ0n) is 14.1. The van der Waals surface area contributed by atoms with Crippen molar-refractivity contribution in [3.8, 4) is 5.75 Å². The van der Waals surface area contributed by atoms with E-state index < -0.39 is 0 Å². The van der Waals surface area contributed by atoms with Crippen LogP contribution in [0.2, 0.25) is 0 Å². The van der Waals surface area contributed by atoms with Crippen molar-refractivity contribution in [3.63, 3.8) is 0 Å². The van der Waals surface area contributed by atoms with Gasteiger partial charge in [-0.25, -0.2) is 0 Å². The number of ether oxygens (including phenoxy) is 1. The third kappa shape index (κ3) is 4.15. The Bertz CT molecular complexity index is 672. The fourth-order valence-electron chi connectivity index (χ4n) is 3.11. The van der Waals surface area contributed by atoms with Crippen molar-refractivity contribution in [1.82, 2.24) is 10.2 Å². The number of rotatable bonds is 7. The average Bonchev–Trinajstić information content (AvgIpc) is 3.04. The first-order chi connectivity index (χ1) is 11.8. The molecule has 2 aromatic rings. The second kappa shape index (κ2) is 7.97. The molecular formula is C20H24N2O2. The van der Waals surface area contributed by atoms with Crippen LogP contribution in [0.15, 0.2) is 54.6 Å². The molecule has 1 heterocycles. The van der Waals surface area contributed by atoms with E-state index in [0.717, 1.165) is 25.3 Å². The molecule has 0 aliphatic carbocycles. The van der Waals surface area contributed by atoms with Crippen LogP contribution < -0.4 is 10.1 Å². The van der Waals surface area contributed by atoms with Crippen molar-refractivity contribution in [3.05, 3.63) is 65.7 Å². The number of amides is 1. The number of hydrogen-bond acceptors (Lipinski definition) is 3. The van der Waals surface area contributed by atoms with Crippen molar-refractivity contribution in [1.29, 1.82) is 0 Å². The molecular weight excluding hydrogens is 300 g/mol. The highest BCUT2D eigenvalue weighted by Gasteiger charge is 2.24. The van der Waals surface area contributed by atoms with Gasteiger partial charge in [0, 0.05) is 26.1 Å². The van der Waals surface area contributed by atoms with Crippen LogP contribution in [0.25, 0.3) is 0 Å². The van der Waals surface area contributed by atoms with Crippen LogP contribution in [0, 0.1) is 0 Å². The van der Waals surface area contributed by atoms with Crippen LogP contribution in [0.1, 0.15) is 30.0 Å². The van der Waals surface area contributed by atoms with Gasteiger partial charge in [-0.1, -0.05) is 42.5 Å². The van der Waals surface area contributed by atoms with E-state index in [4.69, 9.17) is 4.74 Å². The maximum absolute atomic E-state index is 12.0. The summed E-state index contributed by atoms with van der Waals surface area (Å²) < 4.78 is 5.29. The summed E-state index contributed by atoms with van der Waals surface area (Å²) in [7, 11) is 1.68. The molecule has 1 aliphatic rings. The lowest BCUT2D eigenvalue weighted by Crippen LogP contribution is -2.35. The quantitative estimate of drug-likeness (QED) is 0.851. The monoisotopic (exact) mass is 324 g/mol. The maximum atomic E-state index is 12.0. The molecule has 1 fully saturated rings. The summed E-state index contributed by atoms with van der Waals surface area (Å²) in [5, 5.41) is 3.60.